The molecule has 118 valence electrons. The Hall–Kier alpha value is -1.10. The second kappa shape index (κ2) is 7.78. The lowest BCUT2D eigenvalue weighted by molar-refractivity contribution is 0.133. The van der Waals surface area contributed by atoms with E-state index in [1.807, 2.05) is 7.05 Å². The minimum atomic E-state index is 0.309. The van der Waals surface area contributed by atoms with Gasteiger partial charge >= 0.3 is 0 Å². The van der Waals surface area contributed by atoms with Crippen molar-refractivity contribution < 1.29 is 4.74 Å². The maximum Gasteiger partial charge on any atom is 0.124 e. The van der Waals surface area contributed by atoms with Crippen LogP contribution in [0.5, 0.6) is 5.75 Å². The van der Waals surface area contributed by atoms with E-state index in [9.17, 15) is 0 Å². The first kappa shape index (κ1) is 16.3. The van der Waals surface area contributed by atoms with Gasteiger partial charge in [0.25, 0.3) is 0 Å². The molecule has 1 saturated heterocycles. The first-order chi connectivity index (χ1) is 10.1. The van der Waals surface area contributed by atoms with Crippen LogP contribution in [0.15, 0.2) is 18.2 Å². The highest BCUT2D eigenvalue weighted by Gasteiger charge is 2.14. The predicted molar refractivity (Wildman–Crippen MR) is 88.1 cm³/mol. The van der Waals surface area contributed by atoms with Gasteiger partial charge < -0.3 is 15.0 Å². The monoisotopic (exact) mass is 291 g/mol. The lowest BCUT2D eigenvalue weighted by atomic mass is 10.0. The maximum absolute atomic E-state index is 6.05. The summed E-state index contributed by atoms with van der Waals surface area (Å²) in [5, 5.41) is 3.30. The third kappa shape index (κ3) is 4.70. The molecule has 1 N–H and O–H groups in total. The van der Waals surface area contributed by atoms with E-state index < -0.39 is 0 Å². The number of rotatable bonds is 6. The Morgan fingerprint density at radius 2 is 1.95 bits per heavy atom. The Kier molecular flexibility index (Phi) is 6.03. The van der Waals surface area contributed by atoms with Crippen molar-refractivity contribution in [3.05, 3.63) is 29.3 Å². The number of nitrogens with zero attached hydrogens (tertiary/aromatic N) is 2. The zero-order chi connectivity index (χ0) is 15.2. The fourth-order valence-corrected chi connectivity index (χ4v) is 2.65. The Labute approximate surface area is 129 Å². The molecule has 1 aliphatic rings. The van der Waals surface area contributed by atoms with Crippen LogP contribution in [0.3, 0.4) is 0 Å². The fraction of sp³-hybridized carbons (Fsp3) is 0.647. The molecule has 0 radical (unpaired) electrons. The normalized spacial score (nSPS) is 18.7. The first-order valence-electron chi connectivity index (χ1n) is 7.91. The van der Waals surface area contributed by atoms with Gasteiger partial charge in [0.2, 0.25) is 0 Å². The summed E-state index contributed by atoms with van der Waals surface area (Å²) in [5.74, 6) is 1.01. The van der Waals surface area contributed by atoms with Crippen molar-refractivity contribution in [2.75, 3.05) is 53.4 Å². The number of ether oxygens (including phenoxy) is 1. The van der Waals surface area contributed by atoms with Crippen molar-refractivity contribution >= 4 is 0 Å². The average Bonchev–Trinajstić information content (AvgIpc) is 2.50. The van der Waals surface area contributed by atoms with Crippen LogP contribution in [-0.2, 0) is 0 Å². The zero-order valence-corrected chi connectivity index (χ0v) is 13.9. The maximum atomic E-state index is 6.05. The molecule has 1 aliphatic heterocycles. The zero-order valence-electron chi connectivity index (χ0n) is 13.9. The van der Waals surface area contributed by atoms with Crippen molar-refractivity contribution in [1.29, 1.82) is 0 Å². The highest BCUT2D eigenvalue weighted by Crippen LogP contribution is 2.26. The molecule has 1 aromatic rings. The molecule has 0 bridgehead atoms. The van der Waals surface area contributed by atoms with Crippen LogP contribution in [0.1, 0.15) is 24.1 Å². The SMILES string of the molecule is CNC(C)c1cc(C)ccc1OCCN1CCN(C)CC1. The number of likely N-dealkylation sites (N-methyl/N-ethyl adjacent to an activating group) is 1. The van der Waals surface area contributed by atoms with Gasteiger partial charge in [-0.2, -0.15) is 0 Å². The largest absolute Gasteiger partial charge is 0.492 e. The molecular weight excluding hydrogens is 262 g/mol. The van der Waals surface area contributed by atoms with Gasteiger partial charge in [0.1, 0.15) is 12.4 Å². The summed E-state index contributed by atoms with van der Waals surface area (Å²) in [4.78, 5) is 4.86. The number of benzene rings is 1. The van der Waals surface area contributed by atoms with E-state index >= 15 is 0 Å². The third-order valence-corrected chi connectivity index (χ3v) is 4.33. The highest BCUT2D eigenvalue weighted by atomic mass is 16.5. The molecule has 0 aromatic heterocycles. The molecule has 0 spiro atoms. The summed E-state index contributed by atoms with van der Waals surface area (Å²) in [6, 6.07) is 6.75. The quantitative estimate of drug-likeness (QED) is 0.866. The summed E-state index contributed by atoms with van der Waals surface area (Å²) in [6.07, 6.45) is 0. The molecule has 1 unspecified atom stereocenters. The van der Waals surface area contributed by atoms with Crippen molar-refractivity contribution in [2.24, 2.45) is 0 Å². The molecular formula is C17H29N3O. The molecule has 1 atom stereocenters. The number of piperazine rings is 1. The summed E-state index contributed by atoms with van der Waals surface area (Å²) in [7, 11) is 4.17. The predicted octanol–water partition coefficient (Wildman–Crippen LogP) is 1.90. The van der Waals surface area contributed by atoms with E-state index in [0.717, 1.165) is 45.1 Å². The summed E-state index contributed by atoms with van der Waals surface area (Å²) in [6.45, 7) is 10.7. The van der Waals surface area contributed by atoms with Crippen molar-refractivity contribution in [3.63, 3.8) is 0 Å². The van der Waals surface area contributed by atoms with E-state index in [4.69, 9.17) is 4.74 Å². The van der Waals surface area contributed by atoms with Crippen molar-refractivity contribution in [2.45, 2.75) is 19.9 Å². The fourth-order valence-electron chi connectivity index (χ4n) is 2.65. The van der Waals surface area contributed by atoms with Gasteiger partial charge in [0, 0.05) is 44.3 Å². The van der Waals surface area contributed by atoms with Gasteiger partial charge in [0.15, 0.2) is 0 Å². The van der Waals surface area contributed by atoms with E-state index in [0.29, 0.717) is 6.04 Å². The molecule has 0 amide bonds. The lowest BCUT2D eigenvalue weighted by Gasteiger charge is -2.32. The number of nitrogens with one attached hydrogen (secondary N) is 1. The van der Waals surface area contributed by atoms with Crippen LogP contribution in [0.2, 0.25) is 0 Å². The van der Waals surface area contributed by atoms with E-state index in [-0.39, 0.29) is 0 Å². The molecule has 2 rings (SSSR count). The van der Waals surface area contributed by atoms with Crippen LogP contribution >= 0.6 is 0 Å². The van der Waals surface area contributed by atoms with E-state index in [1.54, 1.807) is 0 Å². The van der Waals surface area contributed by atoms with Crippen molar-refractivity contribution in [1.82, 2.24) is 15.1 Å². The van der Waals surface area contributed by atoms with Gasteiger partial charge in [-0.3, -0.25) is 4.90 Å². The summed E-state index contributed by atoms with van der Waals surface area (Å²) < 4.78 is 6.05. The second-order valence-corrected chi connectivity index (χ2v) is 6.05. The minimum absolute atomic E-state index is 0.309. The molecule has 0 saturated carbocycles. The van der Waals surface area contributed by atoms with E-state index in [2.05, 4.69) is 54.2 Å². The summed E-state index contributed by atoms with van der Waals surface area (Å²) >= 11 is 0. The number of hydrogen-bond acceptors (Lipinski definition) is 4. The van der Waals surface area contributed by atoms with Gasteiger partial charge in [0.05, 0.1) is 0 Å². The molecule has 1 heterocycles. The highest BCUT2D eigenvalue weighted by molar-refractivity contribution is 5.38. The van der Waals surface area contributed by atoms with Gasteiger partial charge in [-0.1, -0.05) is 17.7 Å². The Morgan fingerprint density at radius 3 is 2.62 bits per heavy atom. The molecule has 1 fully saturated rings. The molecule has 0 aliphatic carbocycles. The second-order valence-electron chi connectivity index (χ2n) is 6.05. The van der Waals surface area contributed by atoms with Gasteiger partial charge in [-0.15, -0.1) is 0 Å². The molecule has 21 heavy (non-hydrogen) atoms. The van der Waals surface area contributed by atoms with Gasteiger partial charge in [-0.25, -0.2) is 0 Å². The molecule has 4 heteroatoms. The number of aryl methyl sites for hydroxylation is 1. The summed E-state index contributed by atoms with van der Waals surface area (Å²) in [5.41, 5.74) is 2.52. The van der Waals surface area contributed by atoms with Gasteiger partial charge in [-0.05, 0) is 34.0 Å². The topological polar surface area (TPSA) is 27.7 Å². The Balaban J connectivity index is 1.88. The van der Waals surface area contributed by atoms with Crippen LogP contribution in [-0.4, -0.2) is 63.2 Å². The molecule has 1 aromatic carbocycles. The van der Waals surface area contributed by atoms with Crippen LogP contribution in [0.25, 0.3) is 0 Å². The van der Waals surface area contributed by atoms with Crippen LogP contribution in [0.4, 0.5) is 0 Å². The van der Waals surface area contributed by atoms with E-state index in [1.165, 1.54) is 11.1 Å². The minimum Gasteiger partial charge on any atom is -0.492 e. The molecule has 4 nitrogen and oxygen atoms in total. The van der Waals surface area contributed by atoms with Crippen LogP contribution < -0.4 is 10.1 Å². The number of hydrogen-bond donors (Lipinski definition) is 1. The first-order valence-corrected chi connectivity index (χ1v) is 7.91. The lowest BCUT2D eigenvalue weighted by Crippen LogP contribution is -2.45. The smallest absolute Gasteiger partial charge is 0.124 e. The average molecular weight is 291 g/mol. The van der Waals surface area contributed by atoms with Crippen molar-refractivity contribution in [3.8, 4) is 5.75 Å². The Bertz CT molecular complexity index is 442. The van der Waals surface area contributed by atoms with Crippen LogP contribution in [0, 0.1) is 6.92 Å². The third-order valence-electron chi connectivity index (χ3n) is 4.33. The standard InChI is InChI=1S/C17H29N3O/c1-14-5-6-17(16(13-14)15(2)18-3)21-12-11-20-9-7-19(4)8-10-20/h5-6,13,15,18H,7-12H2,1-4H3. The Morgan fingerprint density at radius 1 is 1.24 bits per heavy atom.